The van der Waals surface area contributed by atoms with E-state index in [0.29, 0.717) is 51.9 Å². The van der Waals surface area contributed by atoms with Gasteiger partial charge in [0.15, 0.2) is 6.54 Å². The molecular weight excluding hydrogens is 750 g/mol. The van der Waals surface area contributed by atoms with E-state index in [2.05, 4.69) is 10.6 Å². The summed E-state index contributed by atoms with van der Waals surface area (Å²) in [7, 11) is 3.89. The SMILES string of the molecule is CN(CCNC(=O)CI)c1ccc2c(-c3ccccc3C(=O)O)c3ccc(=[N+](C)CCNC(=O)CI)cc-3oc2c1. The highest BCUT2D eigenvalue weighted by Crippen LogP contribution is 2.41. The second-order valence-electron chi connectivity index (χ2n) is 9.50. The fourth-order valence-electron chi connectivity index (χ4n) is 4.60. The van der Waals surface area contributed by atoms with Gasteiger partial charge < -0.3 is 25.1 Å². The van der Waals surface area contributed by atoms with E-state index in [1.54, 1.807) is 12.1 Å². The fourth-order valence-corrected chi connectivity index (χ4v) is 5.14. The summed E-state index contributed by atoms with van der Waals surface area (Å²) in [6.07, 6.45) is 0. The van der Waals surface area contributed by atoms with Gasteiger partial charge in [-0.2, -0.15) is 0 Å². The predicted molar refractivity (Wildman–Crippen MR) is 178 cm³/mol. The van der Waals surface area contributed by atoms with Crippen LogP contribution in [0.15, 0.2) is 65.1 Å². The van der Waals surface area contributed by atoms with Crippen molar-refractivity contribution in [3.05, 3.63) is 71.6 Å². The first-order chi connectivity index (χ1) is 19.7. The van der Waals surface area contributed by atoms with Crippen LogP contribution in [0.25, 0.3) is 33.4 Å². The summed E-state index contributed by atoms with van der Waals surface area (Å²) in [5.41, 5.74) is 3.91. The molecule has 9 nitrogen and oxygen atoms in total. The van der Waals surface area contributed by atoms with Gasteiger partial charge in [0.1, 0.15) is 18.4 Å². The normalized spacial score (nSPS) is 11.8. The third kappa shape index (κ3) is 7.36. The van der Waals surface area contributed by atoms with Crippen molar-refractivity contribution < 1.29 is 23.9 Å². The minimum Gasteiger partial charge on any atom is -0.478 e. The van der Waals surface area contributed by atoms with Crippen LogP contribution in [0.1, 0.15) is 10.4 Å². The molecule has 0 fully saturated rings. The average molecular weight is 781 g/mol. The zero-order valence-electron chi connectivity index (χ0n) is 22.7. The Morgan fingerprint density at radius 1 is 0.927 bits per heavy atom. The fraction of sp³-hybridized carbons (Fsp3) is 0.267. The highest BCUT2D eigenvalue weighted by Gasteiger charge is 2.22. The number of rotatable bonds is 11. The smallest absolute Gasteiger partial charge is 0.336 e. The van der Waals surface area contributed by atoms with Crippen LogP contribution in [-0.4, -0.2) is 72.0 Å². The van der Waals surface area contributed by atoms with Crippen LogP contribution < -0.4 is 25.5 Å². The van der Waals surface area contributed by atoms with Crippen molar-refractivity contribution in [2.75, 3.05) is 54.0 Å². The number of carbonyl (C=O) groups excluding carboxylic acids is 2. The van der Waals surface area contributed by atoms with Gasteiger partial charge in [-0.05, 0) is 29.8 Å². The maximum absolute atomic E-state index is 12.2. The Morgan fingerprint density at radius 2 is 1.63 bits per heavy atom. The Kier molecular flexibility index (Phi) is 10.6. The van der Waals surface area contributed by atoms with Crippen LogP contribution in [0.5, 0.6) is 0 Å². The maximum atomic E-state index is 12.2. The first-order valence-electron chi connectivity index (χ1n) is 13.0. The van der Waals surface area contributed by atoms with Crippen molar-refractivity contribution in [1.82, 2.24) is 15.2 Å². The molecule has 0 saturated carbocycles. The third-order valence-corrected chi connectivity index (χ3v) is 8.16. The minimum atomic E-state index is -1.00. The first-order valence-corrected chi connectivity index (χ1v) is 16.0. The predicted octanol–water partition coefficient (Wildman–Crippen LogP) is 3.84. The van der Waals surface area contributed by atoms with E-state index in [9.17, 15) is 19.5 Å². The molecule has 3 N–H and O–H groups in total. The summed E-state index contributed by atoms with van der Waals surface area (Å²) in [5, 5.41) is 17.5. The van der Waals surface area contributed by atoms with Gasteiger partial charge in [0, 0.05) is 54.5 Å². The summed E-state index contributed by atoms with van der Waals surface area (Å²) in [4.78, 5) is 37.5. The first kappa shape index (κ1) is 30.8. The monoisotopic (exact) mass is 781 g/mol. The number of carboxylic acids is 1. The zero-order chi connectivity index (χ0) is 29.5. The highest BCUT2D eigenvalue weighted by atomic mass is 127. The number of carbonyl (C=O) groups is 3. The molecule has 0 spiro atoms. The van der Waals surface area contributed by atoms with Crippen LogP contribution in [0, 0.1) is 0 Å². The third-order valence-electron chi connectivity index (χ3n) is 6.78. The Labute approximate surface area is 265 Å². The summed E-state index contributed by atoms with van der Waals surface area (Å²) < 4.78 is 9.32. The van der Waals surface area contributed by atoms with Gasteiger partial charge in [0.05, 0.1) is 27.0 Å². The molecule has 0 atom stereocenters. The topological polar surface area (TPSA) is 115 Å². The van der Waals surface area contributed by atoms with E-state index in [1.807, 2.05) is 117 Å². The Balaban J connectivity index is 1.85. The average Bonchev–Trinajstić information content (AvgIpc) is 2.98. The van der Waals surface area contributed by atoms with Gasteiger partial charge >= 0.3 is 5.97 Å². The van der Waals surface area contributed by atoms with E-state index in [-0.39, 0.29) is 17.4 Å². The van der Waals surface area contributed by atoms with Crippen molar-refractivity contribution in [2.45, 2.75) is 0 Å². The molecule has 1 aliphatic carbocycles. The molecule has 0 saturated heterocycles. The number of halogens is 2. The number of benzene rings is 3. The number of anilines is 1. The maximum Gasteiger partial charge on any atom is 0.336 e. The standard InChI is InChI=1S/C30H30I2N4O5/c1-35(13-11-33-27(37)17-31)19-7-9-23-25(15-19)41-26-16-20(36(2)14-12-34-28(38)18-32)8-10-24(26)29(23)21-5-3-4-6-22(21)30(39)40/h3-10,15-16H,11-14,17-18H2,1-2H3,(H2-,33,34,37,38,39,40)/p+1. The molecular formula is C30H31I2N4O5+. The van der Waals surface area contributed by atoms with Gasteiger partial charge in [-0.3, -0.25) is 9.59 Å². The van der Waals surface area contributed by atoms with Crippen LogP contribution >= 0.6 is 45.2 Å². The number of carboxylic acid groups (broad SMARTS) is 1. The van der Waals surface area contributed by atoms with Crippen molar-refractivity contribution in [2.24, 2.45) is 0 Å². The molecule has 2 aliphatic rings. The number of aromatic carboxylic acids is 1. The number of nitrogens with one attached hydrogen (secondary N) is 2. The second-order valence-corrected chi connectivity index (χ2v) is 11.0. The van der Waals surface area contributed by atoms with Gasteiger partial charge in [-0.1, -0.05) is 63.4 Å². The summed E-state index contributed by atoms with van der Waals surface area (Å²) in [6.45, 7) is 2.24. The molecule has 2 aromatic rings. The van der Waals surface area contributed by atoms with Crippen LogP contribution in [0.3, 0.4) is 0 Å². The molecule has 4 rings (SSSR count). The lowest BCUT2D eigenvalue weighted by atomic mass is 9.90. The van der Waals surface area contributed by atoms with Crippen LogP contribution in [0.4, 0.5) is 5.69 Å². The lowest BCUT2D eigenvalue weighted by Crippen LogP contribution is -2.35. The van der Waals surface area contributed by atoms with Crippen molar-refractivity contribution in [1.29, 1.82) is 0 Å². The van der Waals surface area contributed by atoms with Crippen molar-refractivity contribution in [3.63, 3.8) is 0 Å². The zero-order valence-corrected chi connectivity index (χ0v) is 27.1. The molecule has 0 radical (unpaired) electrons. The summed E-state index contributed by atoms with van der Waals surface area (Å²) in [6, 6.07) is 18.7. The van der Waals surface area contributed by atoms with Crippen LogP contribution in [-0.2, 0) is 9.59 Å². The Bertz CT molecular complexity index is 1640. The lowest BCUT2D eigenvalue weighted by Gasteiger charge is -2.21. The quantitative estimate of drug-likeness (QED) is 0.0924. The number of hydrogen-bond donors (Lipinski definition) is 3. The van der Waals surface area contributed by atoms with Crippen LogP contribution in [0.2, 0.25) is 0 Å². The van der Waals surface area contributed by atoms with E-state index in [1.165, 1.54) is 0 Å². The molecule has 214 valence electrons. The number of nitrogens with zero attached hydrogens (tertiary/aromatic N) is 2. The second kappa shape index (κ2) is 14.1. The number of alkyl halides is 2. The Hall–Kier alpha value is -3.20. The Morgan fingerprint density at radius 3 is 2.34 bits per heavy atom. The summed E-state index contributed by atoms with van der Waals surface area (Å²) >= 11 is 4.07. The highest BCUT2D eigenvalue weighted by molar-refractivity contribution is 14.1. The molecule has 0 unspecified atom stereocenters. The lowest BCUT2D eigenvalue weighted by molar-refractivity contribution is -0.119. The van der Waals surface area contributed by atoms with Gasteiger partial charge in [0.25, 0.3) is 0 Å². The molecule has 1 aliphatic heterocycles. The van der Waals surface area contributed by atoms with Gasteiger partial charge in [0.2, 0.25) is 17.2 Å². The molecule has 41 heavy (non-hydrogen) atoms. The molecule has 0 bridgehead atoms. The van der Waals surface area contributed by atoms with Crippen molar-refractivity contribution in [3.8, 4) is 22.5 Å². The largest absolute Gasteiger partial charge is 0.478 e. The number of amides is 2. The molecule has 2 amide bonds. The molecule has 1 heterocycles. The molecule has 11 heteroatoms. The van der Waals surface area contributed by atoms with E-state index in [0.717, 1.165) is 27.6 Å². The number of likely N-dealkylation sites (N-methyl/N-ethyl adjacent to an activating group) is 2. The minimum absolute atomic E-state index is 0.00567. The van der Waals surface area contributed by atoms with Gasteiger partial charge in [-0.25, -0.2) is 9.37 Å². The van der Waals surface area contributed by atoms with Gasteiger partial charge in [-0.15, -0.1) is 0 Å². The number of hydrogen-bond acceptors (Lipinski definition) is 5. The number of fused-ring (bicyclic) bond motifs is 2. The molecule has 0 aromatic heterocycles. The van der Waals surface area contributed by atoms with E-state index in [4.69, 9.17) is 4.42 Å². The molecule has 2 aromatic carbocycles. The van der Waals surface area contributed by atoms with E-state index < -0.39 is 5.97 Å². The van der Waals surface area contributed by atoms with Crippen molar-refractivity contribution >= 4 is 79.6 Å². The van der Waals surface area contributed by atoms with E-state index >= 15 is 0 Å². The summed E-state index contributed by atoms with van der Waals surface area (Å²) in [5.74, 6) is -0.400.